The summed E-state index contributed by atoms with van der Waals surface area (Å²) in [6, 6.07) is 17.0. The van der Waals surface area contributed by atoms with Crippen molar-refractivity contribution < 1.29 is 142 Å². The Labute approximate surface area is 748 Å². The molecule has 4 aliphatic rings. The minimum absolute atomic E-state index is 0.00439. The van der Waals surface area contributed by atoms with E-state index in [1.54, 1.807) is 27.7 Å². The van der Waals surface area contributed by atoms with Gasteiger partial charge >= 0.3 is 0 Å². The molecule has 0 radical (unpaired) electrons. The van der Waals surface area contributed by atoms with Gasteiger partial charge in [-0.25, -0.2) is 66.8 Å². The predicted octanol–water partition coefficient (Wildman–Crippen LogP) is 7.73. The van der Waals surface area contributed by atoms with Gasteiger partial charge in [-0.05, 0) is 125 Å². The SMILES string of the molecule is CCOc1nc(C(CS(C)(=O)=O)N2C(=O)c3c(F)ccc(NC(C)=O)c3C2=O)ccc1OC.CCOc1nc([C@@H](CS(C)(=O)=O)N2C(=O)c3c(F)ccc(NC(C)=O)c3C2=O)ccc1OC.CCOc1nc([C@H](CS(C)(=O)=O)N2C(=O)c3c(F)ccc(NC(C)=O)c3C2=O)ccc1OC.CCOc1nc([C@H](CS(C)(=O)=O)N2C(=O)c3cccc(NC(C)=O)c3C2=O)ccc1OC. The average Bonchev–Trinajstić information content (AvgIpc) is 1.59. The predicted molar refractivity (Wildman–Crippen MR) is 462 cm³/mol. The Morgan fingerprint density at radius 3 is 0.740 bits per heavy atom. The Morgan fingerprint density at radius 2 is 0.527 bits per heavy atom. The van der Waals surface area contributed by atoms with Gasteiger partial charge in [0.15, 0.2) is 23.0 Å². The fourth-order valence-corrected chi connectivity index (χ4v) is 17.6. The molecule has 0 saturated heterocycles. The molecule has 8 aromatic rings. The van der Waals surface area contributed by atoms with Crippen LogP contribution in [0.3, 0.4) is 0 Å². The van der Waals surface area contributed by atoms with E-state index >= 15 is 0 Å². The second kappa shape index (κ2) is 41.6. The highest BCUT2D eigenvalue weighted by Gasteiger charge is 2.51. The zero-order valence-corrected chi connectivity index (χ0v) is 76.3. The maximum atomic E-state index is 14.6. The summed E-state index contributed by atoms with van der Waals surface area (Å²) in [6.45, 7) is 12.7. The number of carbonyl (C=O) groups excluding carboxylic acids is 12. The molecule has 1 unspecified atom stereocenters. The molecule has 698 valence electrons. The van der Waals surface area contributed by atoms with Gasteiger partial charge in [0, 0.05) is 52.7 Å². The van der Waals surface area contributed by atoms with Crippen LogP contribution in [-0.2, 0) is 58.5 Å². The number of pyridine rings is 4. The fourth-order valence-electron chi connectivity index (χ4n) is 14.0. The van der Waals surface area contributed by atoms with Crippen molar-refractivity contribution in [3.8, 4) is 46.5 Å². The van der Waals surface area contributed by atoms with Crippen molar-refractivity contribution in [1.82, 2.24) is 39.5 Å². The van der Waals surface area contributed by atoms with E-state index in [2.05, 4.69) is 41.2 Å². The molecule has 47 heteroatoms. The van der Waals surface area contributed by atoms with Gasteiger partial charge in [-0.2, -0.15) is 0 Å². The summed E-state index contributed by atoms with van der Waals surface area (Å²) in [5.74, 6) is -13.5. The molecule has 4 aromatic carbocycles. The maximum absolute atomic E-state index is 14.6. The monoisotopic (exact) mass is 1900 g/mol. The molecule has 0 bridgehead atoms. The van der Waals surface area contributed by atoms with Gasteiger partial charge in [-0.3, -0.25) is 77.1 Å². The molecule has 0 spiro atoms. The molecule has 12 rings (SSSR count). The molecule has 4 aliphatic heterocycles. The number of carbonyl (C=O) groups is 12. The van der Waals surface area contributed by atoms with E-state index in [0.717, 1.165) is 66.3 Å². The van der Waals surface area contributed by atoms with E-state index in [1.165, 1.54) is 123 Å². The Balaban J connectivity index is 0.000000197. The lowest BCUT2D eigenvalue weighted by Gasteiger charge is -2.26. The Bertz CT molecular complexity index is 6010. The topological polar surface area (TPSA) is 528 Å². The molecule has 40 nitrogen and oxygen atoms in total. The van der Waals surface area contributed by atoms with Crippen LogP contribution in [-0.4, -0.2) is 247 Å². The van der Waals surface area contributed by atoms with E-state index in [1.807, 2.05) is 0 Å². The zero-order valence-electron chi connectivity index (χ0n) is 73.1. The average molecular weight is 1900 g/mol. The van der Waals surface area contributed by atoms with Crippen molar-refractivity contribution in [2.45, 2.75) is 79.6 Å². The highest BCUT2D eigenvalue weighted by atomic mass is 32.2. The first kappa shape index (κ1) is 101. The maximum Gasteiger partial charge on any atom is 0.265 e. The molecular formula is C84H89F3N12O28S4. The highest BCUT2D eigenvalue weighted by Crippen LogP contribution is 2.44. The molecule has 131 heavy (non-hydrogen) atoms. The zero-order chi connectivity index (χ0) is 97.1. The summed E-state index contributed by atoms with van der Waals surface area (Å²) in [7, 11) is -9.27. The van der Waals surface area contributed by atoms with Crippen LogP contribution < -0.4 is 59.2 Å². The van der Waals surface area contributed by atoms with Crippen molar-refractivity contribution in [3.63, 3.8) is 0 Å². The highest BCUT2D eigenvalue weighted by molar-refractivity contribution is 7.91. The lowest BCUT2D eigenvalue weighted by atomic mass is 10.1. The first-order valence-corrected chi connectivity index (χ1v) is 47.4. The standard InChI is InChI=1S/3C21H22FN3O7S.C21H23N3O7S/c3*1-5-32-19-16(31-3)9-8-13(24-19)15(10-33(4,29)30)25-20(27)17-12(22)6-7-14(23-11(2)26)18(17)21(25)28;1-5-31-19-17(30-3)10-9-14(23-19)16(11-32(4,28)29)24-20(26)13-7-6-8-15(22-12(2)25)18(13)21(24)27/h3*6-9,15H,5,10H2,1-4H3,(H,23,26);6-10,16H,5,11H2,1-4H3,(H,22,25)/t2*15-;;16-/m10.0/s1. The summed E-state index contributed by atoms with van der Waals surface area (Å²) in [4.78, 5) is 172. The second-order valence-electron chi connectivity index (χ2n) is 29.0. The van der Waals surface area contributed by atoms with Crippen molar-refractivity contribution in [3.05, 3.63) is 188 Å². The van der Waals surface area contributed by atoms with Gasteiger partial charge in [-0.1, -0.05) is 6.07 Å². The quantitative estimate of drug-likeness (QED) is 0.0293. The van der Waals surface area contributed by atoms with Crippen LogP contribution in [0.5, 0.6) is 46.5 Å². The fraction of sp³-hybridized carbons (Fsp3) is 0.333. The number of benzene rings is 4. The van der Waals surface area contributed by atoms with E-state index in [4.69, 9.17) is 37.9 Å². The number of ether oxygens (including phenoxy) is 8. The second-order valence-corrected chi connectivity index (χ2v) is 37.8. The minimum Gasteiger partial charge on any atom is -0.491 e. The third kappa shape index (κ3) is 23.1. The van der Waals surface area contributed by atoms with E-state index in [0.29, 0.717) is 20.4 Å². The summed E-state index contributed by atoms with van der Waals surface area (Å²) < 4.78 is 184. The summed E-state index contributed by atoms with van der Waals surface area (Å²) in [5, 5.41) is 9.72. The summed E-state index contributed by atoms with van der Waals surface area (Å²) >= 11 is 0. The van der Waals surface area contributed by atoms with Crippen LogP contribution in [0.15, 0.2) is 103 Å². The van der Waals surface area contributed by atoms with Crippen molar-refractivity contribution in [1.29, 1.82) is 0 Å². The van der Waals surface area contributed by atoms with E-state index in [9.17, 15) is 104 Å². The first-order valence-electron chi connectivity index (χ1n) is 39.2. The van der Waals surface area contributed by atoms with Gasteiger partial charge < -0.3 is 59.2 Å². The summed E-state index contributed by atoms with van der Waals surface area (Å²) in [6.07, 6.45) is 3.82. The van der Waals surface area contributed by atoms with Crippen molar-refractivity contribution >= 4 is 133 Å². The van der Waals surface area contributed by atoms with Crippen LogP contribution in [0.2, 0.25) is 0 Å². The molecule has 4 N–H and O–H groups in total. The van der Waals surface area contributed by atoms with Crippen molar-refractivity contribution in [2.24, 2.45) is 0 Å². The number of nitrogens with one attached hydrogen (secondary N) is 4. The normalized spacial score (nSPS) is 14.2. The lowest BCUT2D eigenvalue weighted by Crippen LogP contribution is -2.38. The number of aromatic nitrogens is 4. The molecule has 0 fully saturated rings. The first-order chi connectivity index (χ1) is 61.5. The number of imide groups is 4. The molecule has 0 saturated carbocycles. The largest absolute Gasteiger partial charge is 0.491 e. The molecule has 12 amide bonds. The molecule has 4 atom stereocenters. The number of nitrogens with zero attached hydrogens (tertiary/aromatic N) is 8. The molecule has 8 heterocycles. The summed E-state index contributed by atoms with van der Waals surface area (Å²) in [5.41, 5.74) is -2.42. The number of amides is 12. The number of anilines is 4. The van der Waals surface area contributed by atoms with Crippen LogP contribution in [0.25, 0.3) is 0 Å². The number of hydrogen-bond donors (Lipinski definition) is 4. The minimum atomic E-state index is -3.74. The van der Waals surface area contributed by atoms with Gasteiger partial charge in [0.05, 0.1) is 192 Å². The third-order valence-electron chi connectivity index (χ3n) is 19.1. The number of hydrogen-bond acceptors (Lipinski definition) is 32. The van der Waals surface area contributed by atoms with E-state index < -0.39 is 192 Å². The van der Waals surface area contributed by atoms with Gasteiger partial charge in [0.25, 0.3) is 70.8 Å². The number of rotatable bonds is 32. The third-order valence-corrected chi connectivity index (χ3v) is 22.8. The Morgan fingerprint density at radius 1 is 0.313 bits per heavy atom. The number of sulfone groups is 4. The van der Waals surface area contributed by atoms with Crippen LogP contribution in [0.1, 0.15) is 185 Å². The van der Waals surface area contributed by atoms with Crippen LogP contribution in [0.4, 0.5) is 35.9 Å². The molecule has 4 aromatic heterocycles. The molecule has 0 aliphatic carbocycles. The van der Waals surface area contributed by atoms with Gasteiger partial charge in [-0.15, -0.1) is 0 Å². The molecular weight excluding hydrogens is 1810 g/mol. The number of fused-ring (bicyclic) bond motifs is 4. The van der Waals surface area contributed by atoms with E-state index in [-0.39, 0.29) is 141 Å². The Kier molecular flexibility index (Phi) is 31.9. The Hall–Kier alpha value is -14.1. The smallest absolute Gasteiger partial charge is 0.265 e. The lowest BCUT2D eigenvalue weighted by molar-refractivity contribution is -0.115. The van der Waals surface area contributed by atoms with Crippen LogP contribution in [0, 0.1) is 17.5 Å². The van der Waals surface area contributed by atoms with Crippen LogP contribution >= 0.6 is 0 Å². The van der Waals surface area contributed by atoms with Crippen molar-refractivity contribution in [2.75, 3.05) is 124 Å². The van der Waals surface area contributed by atoms with Gasteiger partial charge in [0.2, 0.25) is 23.6 Å². The van der Waals surface area contributed by atoms with Gasteiger partial charge in [0.1, 0.15) is 56.8 Å². The number of halogens is 3. The number of methoxy groups -OCH3 is 4.